The van der Waals surface area contributed by atoms with E-state index in [1.165, 1.54) is 38.5 Å². The summed E-state index contributed by atoms with van der Waals surface area (Å²) in [6.07, 6.45) is 8.71. The minimum Gasteiger partial charge on any atom is -0.338 e. The van der Waals surface area contributed by atoms with Crippen LogP contribution in [-0.4, -0.2) is 36.0 Å². The number of hydrogen-bond donors (Lipinski definition) is 1. The highest BCUT2D eigenvalue weighted by atomic mass is 16.2. The molecular weight excluding hydrogens is 200 g/mol. The van der Waals surface area contributed by atoms with Crippen LogP contribution in [0.1, 0.15) is 44.9 Å². The fourth-order valence-corrected chi connectivity index (χ4v) is 3.60. The van der Waals surface area contributed by atoms with Crippen LogP contribution in [0.3, 0.4) is 0 Å². The predicted molar refractivity (Wildman–Crippen MR) is 63.1 cm³/mol. The number of piperidine rings is 3. The molecule has 1 amide bonds. The van der Waals surface area contributed by atoms with Crippen molar-refractivity contribution in [1.29, 1.82) is 0 Å². The number of nitrogens with zero attached hydrogens (tertiary/aromatic N) is 1. The van der Waals surface area contributed by atoms with Gasteiger partial charge in [0.2, 0.25) is 5.91 Å². The van der Waals surface area contributed by atoms with Gasteiger partial charge < -0.3 is 10.2 Å². The number of carbonyl (C=O) groups is 1. The maximum absolute atomic E-state index is 12.4. The Morgan fingerprint density at radius 2 is 1.88 bits per heavy atom. The Balaban J connectivity index is 1.65. The van der Waals surface area contributed by atoms with Gasteiger partial charge in [-0.25, -0.2) is 0 Å². The summed E-state index contributed by atoms with van der Waals surface area (Å²) in [5.41, 5.74) is 0. The van der Waals surface area contributed by atoms with Gasteiger partial charge in [0.25, 0.3) is 0 Å². The third-order valence-electron chi connectivity index (χ3n) is 4.60. The second kappa shape index (κ2) is 4.36. The lowest BCUT2D eigenvalue weighted by atomic mass is 9.79. The number of nitrogens with one attached hydrogen (secondary N) is 1. The van der Waals surface area contributed by atoms with Crippen molar-refractivity contribution in [3.63, 3.8) is 0 Å². The average Bonchev–Trinajstić information content (AvgIpc) is 2.40. The Morgan fingerprint density at radius 3 is 2.44 bits per heavy atom. The van der Waals surface area contributed by atoms with Gasteiger partial charge in [-0.3, -0.25) is 4.79 Å². The lowest BCUT2D eigenvalue weighted by molar-refractivity contribution is -0.141. The first-order chi connectivity index (χ1) is 7.84. The zero-order chi connectivity index (χ0) is 11.0. The van der Waals surface area contributed by atoms with E-state index in [1.54, 1.807) is 0 Å². The molecule has 3 saturated heterocycles. The van der Waals surface area contributed by atoms with Crippen LogP contribution in [0.2, 0.25) is 0 Å². The molecule has 0 aromatic carbocycles. The summed E-state index contributed by atoms with van der Waals surface area (Å²) in [6.45, 7) is 2.07. The van der Waals surface area contributed by atoms with E-state index in [4.69, 9.17) is 0 Å². The topological polar surface area (TPSA) is 32.3 Å². The van der Waals surface area contributed by atoms with E-state index in [2.05, 4.69) is 10.2 Å². The van der Waals surface area contributed by atoms with Crippen LogP contribution >= 0.6 is 0 Å². The summed E-state index contributed by atoms with van der Waals surface area (Å²) in [4.78, 5) is 14.6. The van der Waals surface area contributed by atoms with Gasteiger partial charge in [-0.15, -0.1) is 0 Å². The third-order valence-corrected chi connectivity index (χ3v) is 4.60. The van der Waals surface area contributed by atoms with Gasteiger partial charge in [-0.2, -0.15) is 0 Å². The number of fused-ring (bicyclic) bond motifs is 3. The maximum atomic E-state index is 12.4. The molecular formula is C13H22N2O. The fourth-order valence-electron chi connectivity index (χ4n) is 3.60. The minimum atomic E-state index is 0.133. The summed E-state index contributed by atoms with van der Waals surface area (Å²) in [7, 11) is 0. The van der Waals surface area contributed by atoms with Crippen LogP contribution in [0.4, 0.5) is 0 Å². The average molecular weight is 222 g/mol. The molecule has 4 rings (SSSR count). The smallest absolute Gasteiger partial charge is 0.239 e. The first kappa shape index (κ1) is 10.6. The summed E-state index contributed by atoms with van der Waals surface area (Å²) in [6, 6.07) is 0.703. The molecule has 0 aromatic rings. The Kier molecular flexibility index (Phi) is 2.88. The highest BCUT2D eigenvalue weighted by Crippen LogP contribution is 2.35. The highest BCUT2D eigenvalue weighted by Gasteiger charge is 2.38. The molecule has 0 unspecified atom stereocenters. The molecule has 90 valence electrons. The number of hydrogen-bond acceptors (Lipinski definition) is 2. The fraction of sp³-hybridized carbons (Fsp3) is 0.923. The van der Waals surface area contributed by atoms with Crippen LogP contribution in [0.5, 0.6) is 0 Å². The van der Waals surface area contributed by atoms with E-state index < -0.39 is 0 Å². The van der Waals surface area contributed by atoms with Crippen LogP contribution in [0.25, 0.3) is 0 Å². The van der Waals surface area contributed by atoms with Gasteiger partial charge in [-0.1, -0.05) is 6.42 Å². The van der Waals surface area contributed by atoms with Crippen molar-refractivity contribution in [2.75, 3.05) is 13.1 Å². The maximum Gasteiger partial charge on any atom is 0.239 e. The van der Waals surface area contributed by atoms with Gasteiger partial charge >= 0.3 is 0 Å². The molecule has 2 bridgehead atoms. The molecule has 4 fully saturated rings. The Labute approximate surface area is 97.6 Å². The summed E-state index contributed by atoms with van der Waals surface area (Å²) in [5, 5.41) is 3.38. The van der Waals surface area contributed by atoms with Gasteiger partial charge in [0.1, 0.15) is 0 Å². The van der Waals surface area contributed by atoms with E-state index >= 15 is 0 Å². The molecule has 0 radical (unpaired) electrons. The molecule has 3 heterocycles. The molecule has 1 atom stereocenters. The molecule has 1 aliphatic carbocycles. The van der Waals surface area contributed by atoms with E-state index in [1.807, 2.05) is 0 Å². The molecule has 3 aliphatic heterocycles. The van der Waals surface area contributed by atoms with Crippen LogP contribution < -0.4 is 5.32 Å². The van der Waals surface area contributed by atoms with Crippen molar-refractivity contribution in [3.05, 3.63) is 0 Å². The number of amides is 1. The Bertz CT molecular complexity index is 265. The zero-order valence-electron chi connectivity index (χ0n) is 9.95. The van der Waals surface area contributed by atoms with Crippen molar-refractivity contribution in [2.24, 2.45) is 5.92 Å². The number of carbonyl (C=O) groups excluding carboxylic acids is 1. The molecule has 1 N–H and O–H groups in total. The van der Waals surface area contributed by atoms with Crippen molar-refractivity contribution >= 4 is 5.91 Å². The van der Waals surface area contributed by atoms with Gasteiger partial charge in [0.05, 0.1) is 6.04 Å². The van der Waals surface area contributed by atoms with Gasteiger partial charge in [0, 0.05) is 12.6 Å². The largest absolute Gasteiger partial charge is 0.338 e. The molecule has 3 nitrogen and oxygen atoms in total. The highest BCUT2D eigenvalue weighted by molar-refractivity contribution is 5.82. The van der Waals surface area contributed by atoms with E-state index in [0.717, 1.165) is 25.4 Å². The predicted octanol–water partition coefficient (Wildman–Crippen LogP) is 1.53. The molecule has 16 heavy (non-hydrogen) atoms. The van der Waals surface area contributed by atoms with Crippen molar-refractivity contribution < 1.29 is 4.79 Å². The SMILES string of the molecule is O=C([C@@H]1CCCCN1)N1CC2CCC1CC2. The molecule has 4 aliphatic rings. The standard InChI is InChI=1S/C13H22N2O/c16-13(12-3-1-2-8-14-12)15-9-10-4-6-11(15)7-5-10/h10-12,14H,1-9H2/t10?,11?,12-/m0/s1. The zero-order valence-corrected chi connectivity index (χ0v) is 9.95. The summed E-state index contributed by atoms with van der Waals surface area (Å²) >= 11 is 0. The molecule has 1 saturated carbocycles. The van der Waals surface area contributed by atoms with E-state index in [-0.39, 0.29) is 6.04 Å². The lowest BCUT2D eigenvalue weighted by Gasteiger charge is -2.46. The van der Waals surface area contributed by atoms with Crippen LogP contribution in [0, 0.1) is 5.92 Å². The third kappa shape index (κ3) is 1.86. The van der Waals surface area contributed by atoms with Crippen LogP contribution in [0.15, 0.2) is 0 Å². The van der Waals surface area contributed by atoms with Crippen molar-refractivity contribution in [3.8, 4) is 0 Å². The molecule has 0 spiro atoms. The van der Waals surface area contributed by atoms with Crippen molar-refractivity contribution in [1.82, 2.24) is 10.2 Å². The minimum absolute atomic E-state index is 0.133. The summed E-state index contributed by atoms with van der Waals surface area (Å²) < 4.78 is 0. The Morgan fingerprint density at radius 1 is 1.06 bits per heavy atom. The van der Waals surface area contributed by atoms with Crippen molar-refractivity contribution in [2.45, 2.75) is 57.0 Å². The normalized spacial score (nSPS) is 38.8. The number of rotatable bonds is 1. The van der Waals surface area contributed by atoms with Gasteiger partial charge in [0.15, 0.2) is 0 Å². The van der Waals surface area contributed by atoms with E-state index in [9.17, 15) is 4.79 Å². The first-order valence-electron chi connectivity index (χ1n) is 6.88. The second-order valence-corrected chi connectivity index (χ2v) is 5.67. The molecule has 3 heteroatoms. The second-order valence-electron chi connectivity index (χ2n) is 5.67. The lowest BCUT2D eigenvalue weighted by Crippen LogP contribution is -2.57. The Hall–Kier alpha value is -0.570. The molecule has 0 aromatic heterocycles. The summed E-state index contributed by atoms with van der Waals surface area (Å²) in [5.74, 6) is 1.20. The quantitative estimate of drug-likeness (QED) is 0.729. The monoisotopic (exact) mass is 222 g/mol. The first-order valence-corrected chi connectivity index (χ1v) is 6.88. The van der Waals surface area contributed by atoms with Gasteiger partial charge in [-0.05, 0) is 51.0 Å². The van der Waals surface area contributed by atoms with E-state index in [0.29, 0.717) is 11.9 Å². The van der Waals surface area contributed by atoms with Crippen LogP contribution in [-0.2, 0) is 4.79 Å².